The summed E-state index contributed by atoms with van der Waals surface area (Å²) in [7, 11) is 0. The Bertz CT molecular complexity index is 2410. The van der Waals surface area contributed by atoms with Gasteiger partial charge in [-0.05, 0) is 99.7 Å². The fraction of sp³-hybridized carbons (Fsp3) is 0.0698. The SMILES string of the molecule is CC1(C)c2cc(-c3cccc(-c4ccccc4)c3)ccc2-c2c1c1c3ccccc3c3ccccc3c1c1ccccc21. The molecule has 8 aromatic rings. The second-order valence-corrected chi connectivity index (χ2v) is 12.5. The molecule has 0 spiro atoms. The molecule has 1 aliphatic carbocycles. The molecule has 0 radical (unpaired) electrons. The lowest BCUT2D eigenvalue weighted by Gasteiger charge is -2.26. The van der Waals surface area contributed by atoms with Gasteiger partial charge in [0.1, 0.15) is 0 Å². The first-order valence-electron chi connectivity index (χ1n) is 15.2. The highest BCUT2D eigenvalue weighted by molar-refractivity contribution is 6.35. The molecule has 0 bridgehead atoms. The van der Waals surface area contributed by atoms with Crippen molar-refractivity contribution in [3.05, 3.63) is 157 Å². The molecule has 0 saturated carbocycles. The highest BCUT2D eigenvalue weighted by atomic mass is 14.4. The number of fused-ring (bicyclic) bond motifs is 13. The number of hydrogen-bond acceptors (Lipinski definition) is 0. The van der Waals surface area contributed by atoms with E-state index in [1.807, 2.05) is 0 Å². The molecule has 0 nitrogen and oxygen atoms in total. The first-order valence-corrected chi connectivity index (χ1v) is 15.2. The van der Waals surface area contributed by atoms with Crippen LogP contribution in [0.2, 0.25) is 0 Å². The van der Waals surface area contributed by atoms with Gasteiger partial charge < -0.3 is 0 Å². The molecular formula is C43H30. The fourth-order valence-electron chi connectivity index (χ4n) is 7.87. The van der Waals surface area contributed by atoms with Crippen molar-refractivity contribution in [3.63, 3.8) is 0 Å². The van der Waals surface area contributed by atoms with Crippen molar-refractivity contribution in [2.24, 2.45) is 0 Å². The normalized spacial score (nSPS) is 13.5. The quantitative estimate of drug-likeness (QED) is 0.189. The zero-order chi connectivity index (χ0) is 28.7. The van der Waals surface area contributed by atoms with Crippen molar-refractivity contribution in [2.75, 3.05) is 0 Å². The van der Waals surface area contributed by atoms with E-state index in [0.29, 0.717) is 0 Å². The minimum absolute atomic E-state index is 0.175. The maximum Gasteiger partial charge on any atom is 0.0165 e. The second-order valence-electron chi connectivity index (χ2n) is 12.5. The van der Waals surface area contributed by atoms with Crippen LogP contribution < -0.4 is 0 Å². The molecule has 0 heterocycles. The zero-order valence-corrected chi connectivity index (χ0v) is 24.4. The van der Waals surface area contributed by atoms with Crippen LogP contribution in [-0.2, 0) is 5.41 Å². The number of benzene rings is 8. The van der Waals surface area contributed by atoms with E-state index in [0.717, 1.165) is 0 Å². The van der Waals surface area contributed by atoms with Gasteiger partial charge in [0.25, 0.3) is 0 Å². The fourth-order valence-corrected chi connectivity index (χ4v) is 7.87. The predicted octanol–water partition coefficient (Wildman–Crippen LogP) is 11.9. The summed E-state index contributed by atoms with van der Waals surface area (Å²) in [5.41, 5.74) is 10.4. The molecule has 0 N–H and O–H groups in total. The molecule has 1 aliphatic rings. The Kier molecular flexibility index (Phi) is 5.05. The Morgan fingerprint density at radius 3 is 1.53 bits per heavy atom. The average Bonchev–Trinajstić information content (AvgIpc) is 3.31. The molecule has 0 fully saturated rings. The lowest BCUT2D eigenvalue weighted by molar-refractivity contribution is 0.667. The Hall–Kier alpha value is -5.20. The molecule has 8 aromatic carbocycles. The second kappa shape index (κ2) is 8.90. The Balaban J connectivity index is 1.37. The summed E-state index contributed by atoms with van der Waals surface area (Å²) < 4.78 is 0. The summed E-state index contributed by atoms with van der Waals surface area (Å²) in [6, 6.07) is 53.8. The standard InChI is InChI=1S/C43H30/c1-43(2)38-26-30(29-16-12-15-28(25-29)27-13-4-3-5-14-27)23-24-37(38)40-36-22-11-10-21-35(36)39-33-19-8-6-17-31(33)32-18-7-9-20-34(32)41(39)42(40)43/h3-26H,1-2H3. The van der Waals surface area contributed by atoms with E-state index in [9.17, 15) is 0 Å². The molecule has 0 aliphatic heterocycles. The van der Waals surface area contributed by atoms with Gasteiger partial charge in [-0.15, -0.1) is 0 Å². The number of hydrogen-bond donors (Lipinski definition) is 0. The molecule has 0 atom stereocenters. The molecule has 0 heteroatoms. The van der Waals surface area contributed by atoms with E-state index in [-0.39, 0.29) is 5.41 Å². The third-order valence-corrected chi connectivity index (χ3v) is 9.79. The van der Waals surface area contributed by atoms with Crippen LogP contribution in [0.3, 0.4) is 0 Å². The van der Waals surface area contributed by atoms with E-state index in [4.69, 9.17) is 0 Å². The van der Waals surface area contributed by atoms with Crippen molar-refractivity contribution in [1.29, 1.82) is 0 Å². The van der Waals surface area contributed by atoms with Crippen LogP contribution in [0.25, 0.3) is 76.5 Å². The highest BCUT2D eigenvalue weighted by Gasteiger charge is 2.39. The summed E-state index contributed by atoms with van der Waals surface area (Å²) in [5.74, 6) is 0. The van der Waals surface area contributed by atoms with Crippen LogP contribution in [0.5, 0.6) is 0 Å². The van der Waals surface area contributed by atoms with Crippen molar-refractivity contribution >= 4 is 43.1 Å². The van der Waals surface area contributed by atoms with Gasteiger partial charge in [-0.1, -0.05) is 147 Å². The first-order chi connectivity index (χ1) is 21.1. The van der Waals surface area contributed by atoms with Crippen LogP contribution >= 0.6 is 0 Å². The van der Waals surface area contributed by atoms with Crippen molar-refractivity contribution in [3.8, 4) is 33.4 Å². The molecule has 0 aromatic heterocycles. The highest BCUT2D eigenvalue weighted by Crippen LogP contribution is 2.57. The lowest BCUT2D eigenvalue weighted by atomic mass is 9.77. The predicted molar refractivity (Wildman–Crippen MR) is 185 cm³/mol. The van der Waals surface area contributed by atoms with E-state index in [1.165, 1.54) is 87.6 Å². The maximum absolute atomic E-state index is 2.46. The minimum atomic E-state index is -0.175. The topological polar surface area (TPSA) is 0 Å². The first kappa shape index (κ1) is 24.4. The molecule has 0 saturated heterocycles. The summed E-state index contributed by atoms with van der Waals surface area (Å²) in [4.78, 5) is 0. The van der Waals surface area contributed by atoms with E-state index in [2.05, 4.69) is 159 Å². The summed E-state index contributed by atoms with van der Waals surface area (Å²) in [6.07, 6.45) is 0. The van der Waals surface area contributed by atoms with Crippen molar-refractivity contribution in [2.45, 2.75) is 19.3 Å². The molecule has 43 heavy (non-hydrogen) atoms. The van der Waals surface area contributed by atoms with Gasteiger partial charge >= 0.3 is 0 Å². The van der Waals surface area contributed by atoms with Crippen LogP contribution in [-0.4, -0.2) is 0 Å². The Labute approximate surface area is 251 Å². The third kappa shape index (κ3) is 3.38. The largest absolute Gasteiger partial charge is 0.0622 e. The Morgan fingerprint density at radius 2 is 0.860 bits per heavy atom. The summed E-state index contributed by atoms with van der Waals surface area (Å²) in [6.45, 7) is 4.86. The summed E-state index contributed by atoms with van der Waals surface area (Å²) in [5, 5.41) is 10.8. The van der Waals surface area contributed by atoms with Gasteiger partial charge in [0.05, 0.1) is 0 Å². The maximum atomic E-state index is 2.46. The molecule has 9 rings (SSSR count). The van der Waals surface area contributed by atoms with Gasteiger partial charge in [-0.25, -0.2) is 0 Å². The van der Waals surface area contributed by atoms with Crippen LogP contribution in [0, 0.1) is 0 Å². The molecular weight excluding hydrogens is 516 g/mol. The van der Waals surface area contributed by atoms with E-state index in [1.54, 1.807) is 0 Å². The molecule has 0 amide bonds. The van der Waals surface area contributed by atoms with Gasteiger partial charge in [0.15, 0.2) is 0 Å². The number of rotatable bonds is 2. The smallest absolute Gasteiger partial charge is 0.0165 e. The average molecular weight is 547 g/mol. The van der Waals surface area contributed by atoms with Gasteiger partial charge in [0, 0.05) is 5.41 Å². The molecule has 0 unspecified atom stereocenters. The monoisotopic (exact) mass is 546 g/mol. The zero-order valence-electron chi connectivity index (χ0n) is 24.4. The van der Waals surface area contributed by atoms with E-state index >= 15 is 0 Å². The van der Waals surface area contributed by atoms with Crippen LogP contribution in [0.1, 0.15) is 25.0 Å². The van der Waals surface area contributed by atoms with Crippen molar-refractivity contribution < 1.29 is 0 Å². The van der Waals surface area contributed by atoms with Gasteiger partial charge in [-0.2, -0.15) is 0 Å². The van der Waals surface area contributed by atoms with Crippen molar-refractivity contribution in [1.82, 2.24) is 0 Å². The molecule has 202 valence electrons. The minimum Gasteiger partial charge on any atom is -0.0622 e. The van der Waals surface area contributed by atoms with Gasteiger partial charge in [0.2, 0.25) is 0 Å². The third-order valence-electron chi connectivity index (χ3n) is 9.79. The van der Waals surface area contributed by atoms with Crippen LogP contribution in [0.4, 0.5) is 0 Å². The van der Waals surface area contributed by atoms with E-state index < -0.39 is 0 Å². The van der Waals surface area contributed by atoms with Crippen LogP contribution in [0.15, 0.2) is 146 Å². The van der Waals surface area contributed by atoms with Gasteiger partial charge in [-0.3, -0.25) is 0 Å². The lowest BCUT2D eigenvalue weighted by Crippen LogP contribution is -2.16. The summed E-state index contributed by atoms with van der Waals surface area (Å²) >= 11 is 0. The Morgan fingerprint density at radius 1 is 0.372 bits per heavy atom.